The lowest BCUT2D eigenvalue weighted by molar-refractivity contribution is -0.137. The summed E-state index contributed by atoms with van der Waals surface area (Å²) < 4.78 is 38.5. The highest BCUT2D eigenvalue weighted by atomic mass is 35.5. The highest BCUT2D eigenvalue weighted by Crippen LogP contribution is 2.34. The monoisotopic (exact) mass is 455 g/mol. The largest absolute Gasteiger partial charge is 0.417 e. The maximum atomic E-state index is 12.8. The number of nitrogens with zero attached hydrogens (tertiary/aromatic N) is 3. The Morgan fingerprint density at radius 1 is 1.26 bits per heavy atom. The molecule has 1 fully saturated rings. The number of nitrogens with one attached hydrogen (secondary N) is 2. The van der Waals surface area contributed by atoms with Crippen LogP contribution in [-0.2, 0) is 11.0 Å². The van der Waals surface area contributed by atoms with Crippen LogP contribution in [0.15, 0.2) is 24.4 Å². The Bertz CT molecular complexity index is 999. The molecule has 0 bridgehead atoms. The van der Waals surface area contributed by atoms with Crippen molar-refractivity contribution in [1.82, 2.24) is 15.3 Å². The zero-order valence-electron chi connectivity index (χ0n) is 16.9. The Balaban J connectivity index is 1.71. The second-order valence-electron chi connectivity index (χ2n) is 7.35. The van der Waals surface area contributed by atoms with Crippen molar-refractivity contribution >= 4 is 35.1 Å². The van der Waals surface area contributed by atoms with Gasteiger partial charge in [0.1, 0.15) is 11.6 Å². The molecule has 0 aliphatic carbocycles. The molecule has 3 heterocycles. The average Bonchev–Trinajstić information content (AvgIpc) is 2.66. The SMILES string of the molecule is CC(=O)Nc1cc(C(=O)N[C@@H]2CCCN(c3ncc(C(F)(F)F)cc3Cl)C2)cc(C)n1. The number of rotatable bonds is 4. The van der Waals surface area contributed by atoms with Crippen LogP contribution in [0, 0.1) is 6.92 Å². The van der Waals surface area contributed by atoms with Gasteiger partial charge in [-0.3, -0.25) is 9.59 Å². The van der Waals surface area contributed by atoms with E-state index in [0.717, 1.165) is 12.3 Å². The van der Waals surface area contributed by atoms with Crippen LogP contribution in [-0.4, -0.2) is 40.9 Å². The van der Waals surface area contributed by atoms with Crippen LogP contribution in [0.3, 0.4) is 0 Å². The van der Waals surface area contributed by atoms with Gasteiger partial charge in [-0.2, -0.15) is 13.2 Å². The van der Waals surface area contributed by atoms with Gasteiger partial charge in [-0.25, -0.2) is 9.97 Å². The quantitative estimate of drug-likeness (QED) is 0.732. The molecular weight excluding hydrogens is 435 g/mol. The first-order valence-corrected chi connectivity index (χ1v) is 9.95. The molecule has 0 unspecified atom stereocenters. The summed E-state index contributed by atoms with van der Waals surface area (Å²) in [6.45, 7) is 3.97. The minimum Gasteiger partial charge on any atom is -0.353 e. The molecule has 0 spiro atoms. The molecule has 0 aromatic carbocycles. The second-order valence-corrected chi connectivity index (χ2v) is 7.76. The summed E-state index contributed by atoms with van der Waals surface area (Å²) in [5.41, 5.74) is 0.00705. The van der Waals surface area contributed by atoms with Gasteiger partial charge < -0.3 is 15.5 Å². The number of carbonyl (C=O) groups is 2. The smallest absolute Gasteiger partial charge is 0.353 e. The number of anilines is 2. The van der Waals surface area contributed by atoms with E-state index >= 15 is 0 Å². The predicted octanol–water partition coefficient (Wildman–Crippen LogP) is 3.81. The van der Waals surface area contributed by atoms with Gasteiger partial charge in [0.25, 0.3) is 5.91 Å². The lowest BCUT2D eigenvalue weighted by Gasteiger charge is -2.34. The highest BCUT2D eigenvalue weighted by molar-refractivity contribution is 6.33. The fraction of sp³-hybridized carbons (Fsp3) is 0.400. The van der Waals surface area contributed by atoms with Crippen LogP contribution >= 0.6 is 11.6 Å². The van der Waals surface area contributed by atoms with Crippen LogP contribution in [0.2, 0.25) is 5.02 Å². The van der Waals surface area contributed by atoms with Gasteiger partial charge in [0.05, 0.1) is 10.6 Å². The van der Waals surface area contributed by atoms with Crippen molar-refractivity contribution in [3.8, 4) is 0 Å². The van der Waals surface area contributed by atoms with Crippen molar-refractivity contribution in [2.45, 2.75) is 38.9 Å². The number of pyridine rings is 2. The summed E-state index contributed by atoms with van der Waals surface area (Å²) >= 11 is 6.06. The zero-order chi connectivity index (χ0) is 22.8. The predicted molar refractivity (Wildman–Crippen MR) is 110 cm³/mol. The summed E-state index contributed by atoms with van der Waals surface area (Å²) in [7, 11) is 0. The molecule has 3 rings (SSSR count). The number of hydrogen-bond acceptors (Lipinski definition) is 5. The normalized spacial score (nSPS) is 16.7. The molecule has 2 amide bonds. The summed E-state index contributed by atoms with van der Waals surface area (Å²) in [6, 6.07) is 3.70. The molecule has 1 saturated heterocycles. The molecule has 166 valence electrons. The number of piperidine rings is 1. The van der Waals surface area contributed by atoms with E-state index in [1.54, 1.807) is 17.9 Å². The molecule has 2 aromatic heterocycles. The highest BCUT2D eigenvalue weighted by Gasteiger charge is 2.32. The Morgan fingerprint density at radius 2 is 2.00 bits per heavy atom. The van der Waals surface area contributed by atoms with E-state index in [9.17, 15) is 22.8 Å². The third kappa shape index (κ3) is 5.84. The molecule has 2 N–H and O–H groups in total. The standard InChI is InChI=1S/C20H21ClF3N5O2/c1-11-6-13(7-17(26-11)27-12(2)30)19(31)28-15-4-3-5-29(10-15)18-16(21)8-14(9-25-18)20(22,23)24/h6-9,15H,3-5,10H2,1-2H3,(H,28,31)(H,26,27,30)/t15-/m1/s1. The Labute approximate surface area is 182 Å². The minimum absolute atomic E-state index is 0.0912. The maximum Gasteiger partial charge on any atom is 0.417 e. The summed E-state index contributed by atoms with van der Waals surface area (Å²) in [4.78, 5) is 33.8. The Kier molecular flexibility index (Phi) is 6.68. The lowest BCUT2D eigenvalue weighted by atomic mass is 10.0. The first kappa shape index (κ1) is 22.8. The summed E-state index contributed by atoms with van der Waals surface area (Å²) in [5.74, 6) is -0.103. The molecule has 0 saturated carbocycles. The maximum absolute atomic E-state index is 12.8. The molecule has 1 atom stereocenters. The molecule has 7 nitrogen and oxygen atoms in total. The first-order valence-electron chi connectivity index (χ1n) is 9.58. The van der Waals surface area contributed by atoms with Gasteiger partial charge in [0.2, 0.25) is 5.91 Å². The lowest BCUT2D eigenvalue weighted by Crippen LogP contribution is -2.48. The van der Waals surface area contributed by atoms with Gasteiger partial charge in [-0.15, -0.1) is 0 Å². The summed E-state index contributed by atoms with van der Waals surface area (Å²) in [5, 5.41) is 5.39. The topological polar surface area (TPSA) is 87.2 Å². The van der Waals surface area contributed by atoms with E-state index in [1.807, 2.05) is 0 Å². The molecule has 1 aliphatic rings. The van der Waals surface area contributed by atoms with Crippen molar-refractivity contribution in [3.05, 3.63) is 46.2 Å². The van der Waals surface area contributed by atoms with Gasteiger partial charge >= 0.3 is 6.18 Å². The molecule has 0 radical (unpaired) electrons. The van der Waals surface area contributed by atoms with Gasteiger partial charge in [0.15, 0.2) is 0 Å². The molecule has 2 aromatic rings. The van der Waals surface area contributed by atoms with Crippen molar-refractivity contribution < 1.29 is 22.8 Å². The van der Waals surface area contributed by atoms with Crippen molar-refractivity contribution in [1.29, 1.82) is 0 Å². The van der Waals surface area contributed by atoms with E-state index in [-0.39, 0.29) is 34.5 Å². The number of halogens is 4. The van der Waals surface area contributed by atoms with E-state index in [4.69, 9.17) is 11.6 Å². The van der Waals surface area contributed by atoms with Crippen molar-refractivity contribution in [3.63, 3.8) is 0 Å². The third-order valence-electron chi connectivity index (χ3n) is 4.72. The van der Waals surface area contributed by atoms with Gasteiger partial charge in [-0.1, -0.05) is 11.6 Å². The van der Waals surface area contributed by atoms with Crippen molar-refractivity contribution in [2.24, 2.45) is 0 Å². The van der Waals surface area contributed by atoms with E-state index < -0.39 is 11.7 Å². The van der Waals surface area contributed by atoms with Crippen LogP contribution in [0.5, 0.6) is 0 Å². The third-order valence-corrected chi connectivity index (χ3v) is 5.00. The summed E-state index contributed by atoms with van der Waals surface area (Å²) in [6.07, 6.45) is -2.36. The van der Waals surface area contributed by atoms with E-state index in [0.29, 0.717) is 37.2 Å². The van der Waals surface area contributed by atoms with Crippen LogP contribution in [0.1, 0.15) is 41.4 Å². The zero-order valence-corrected chi connectivity index (χ0v) is 17.6. The van der Waals surface area contributed by atoms with Crippen molar-refractivity contribution in [2.75, 3.05) is 23.3 Å². The molecular formula is C20H21ClF3N5O2. The second kappa shape index (κ2) is 9.09. The molecule has 11 heteroatoms. The van der Waals surface area contributed by atoms with Crippen LogP contribution in [0.4, 0.5) is 24.8 Å². The van der Waals surface area contributed by atoms with Crippen LogP contribution in [0.25, 0.3) is 0 Å². The molecule has 1 aliphatic heterocycles. The number of alkyl halides is 3. The minimum atomic E-state index is -4.52. The molecule has 31 heavy (non-hydrogen) atoms. The van der Waals surface area contributed by atoms with E-state index in [2.05, 4.69) is 20.6 Å². The Hall–Kier alpha value is -2.88. The fourth-order valence-corrected chi connectivity index (χ4v) is 3.70. The Morgan fingerprint density at radius 3 is 2.65 bits per heavy atom. The van der Waals surface area contributed by atoms with Gasteiger partial charge in [-0.05, 0) is 38.0 Å². The van der Waals surface area contributed by atoms with Gasteiger partial charge in [0, 0.05) is 43.5 Å². The number of amides is 2. The number of aromatic nitrogens is 2. The average molecular weight is 456 g/mol. The van der Waals surface area contributed by atoms with E-state index in [1.165, 1.54) is 13.0 Å². The number of carbonyl (C=O) groups excluding carboxylic acids is 2. The first-order chi connectivity index (χ1) is 14.5. The number of aryl methyl sites for hydroxylation is 1. The fourth-order valence-electron chi connectivity index (χ4n) is 3.42. The van der Waals surface area contributed by atoms with Crippen LogP contribution < -0.4 is 15.5 Å². The number of hydrogen-bond donors (Lipinski definition) is 2.